The summed E-state index contributed by atoms with van der Waals surface area (Å²) in [5.41, 5.74) is 0.413. The van der Waals surface area contributed by atoms with Gasteiger partial charge in [0, 0.05) is 22.9 Å². The second-order valence-electron chi connectivity index (χ2n) is 7.05. The van der Waals surface area contributed by atoms with Crippen molar-refractivity contribution in [2.24, 2.45) is 5.92 Å². The number of hydrogen-bond donors (Lipinski definition) is 1. The summed E-state index contributed by atoms with van der Waals surface area (Å²) in [5, 5.41) is 18.1. The molecular weight excluding hydrogens is 437 g/mol. The normalized spacial score (nSPS) is 17.3. The number of aromatic nitrogens is 2. The minimum Gasteiger partial charge on any atom is -0.420 e. The van der Waals surface area contributed by atoms with Gasteiger partial charge < -0.3 is 14.3 Å². The molecule has 1 aliphatic carbocycles. The summed E-state index contributed by atoms with van der Waals surface area (Å²) in [4.78, 5) is 12.3. The number of halogens is 4. The van der Waals surface area contributed by atoms with Gasteiger partial charge in [0.2, 0.25) is 11.8 Å². The first kappa shape index (κ1) is 23.0. The number of carbonyl (C=O) groups is 1. The molecule has 10 heteroatoms. The average Bonchev–Trinajstić information content (AvgIpc) is 3.21. The van der Waals surface area contributed by atoms with Gasteiger partial charge in [-0.2, -0.15) is 0 Å². The Kier molecular flexibility index (Phi) is 7.50. The third-order valence-electron chi connectivity index (χ3n) is 4.79. The van der Waals surface area contributed by atoms with E-state index in [4.69, 9.17) is 16.0 Å². The maximum atomic E-state index is 12.3. The van der Waals surface area contributed by atoms with Crippen molar-refractivity contribution < 1.29 is 32.2 Å². The summed E-state index contributed by atoms with van der Waals surface area (Å²) in [6, 6.07) is 5.01. The highest BCUT2D eigenvalue weighted by Crippen LogP contribution is 2.29. The van der Waals surface area contributed by atoms with E-state index in [9.17, 15) is 23.1 Å². The lowest BCUT2D eigenvalue weighted by Crippen LogP contribution is -2.16. The Bertz CT molecular complexity index is 954. The highest BCUT2D eigenvalue weighted by atomic mass is 35.5. The van der Waals surface area contributed by atoms with Crippen molar-refractivity contribution in [2.75, 3.05) is 6.61 Å². The Morgan fingerprint density at radius 1 is 1.29 bits per heavy atom. The maximum absolute atomic E-state index is 12.3. The monoisotopic (exact) mass is 456 g/mol. The van der Waals surface area contributed by atoms with Crippen LogP contribution in [0.2, 0.25) is 0 Å². The molecule has 0 amide bonds. The summed E-state index contributed by atoms with van der Waals surface area (Å²) in [6.07, 6.45) is 2.47. The molecule has 0 saturated heterocycles. The molecule has 1 N–H and O–H groups in total. The molecule has 3 rings (SSSR count). The molecule has 31 heavy (non-hydrogen) atoms. The van der Waals surface area contributed by atoms with Crippen molar-refractivity contribution >= 4 is 17.4 Å². The van der Waals surface area contributed by atoms with E-state index in [2.05, 4.69) is 14.9 Å². The van der Waals surface area contributed by atoms with E-state index in [0.717, 1.165) is 12.1 Å². The van der Waals surface area contributed by atoms with Gasteiger partial charge in [-0.05, 0) is 49.6 Å². The van der Waals surface area contributed by atoms with Gasteiger partial charge in [-0.1, -0.05) is 23.8 Å². The summed E-state index contributed by atoms with van der Waals surface area (Å²) in [5.74, 6) is -0.584. The molecule has 0 bridgehead atoms. The number of allylic oxidation sites excluding steroid dienone is 4. The van der Waals surface area contributed by atoms with Crippen molar-refractivity contribution in [1.82, 2.24) is 10.2 Å². The molecule has 0 saturated carbocycles. The molecule has 0 spiro atoms. The highest BCUT2D eigenvalue weighted by molar-refractivity contribution is 6.31. The van der Waals surface area contributed by atoms with Gasteiger partial charge in [-0.3, -0.25) is 4.79 Å². The molecular formula is C21H20ClF3N2O4. The number of Topliss-reactive ketones (excluding diaryl/α,β-unsaturated/α-hetero) is 1. The molecule has 2 atom stereocenters. The van der Waals surface area contributed by atoms with E-state index in [1.54, 1.807) is 12.2 Å². The van der Waals surface area contributed by atoms with E-state index in [1.807, 2.05) is 6.08 Å². The van der Waals surface area contributed by atoms with E-state index in [1.165, 1.54) is 12.1 Å². The lowest BCUT2D eigenvalue weighted by Gasteiger charge is -2.14. The van der Waals surface area contributed by atoms with Crippen LogP contribution in [0.4, 0.5) is 13.2 Å². The van der Waals surface area contributed by atoms with E-state index in [0.29, 0.717) is 36.3 Å². The molecule has 6 nitrogen and oxygen atoms in total. The predicted octanol–water partition coefficient (Wildman–Crippen LogP) is 5.15. The van der Waals surface area contributed by atoms with Crippen molar-refractivity contribution in [3.05, 3.63) is 53.4 Å². The Hall–Kier alpha value is -2.65. The van der Waals surface area contributed by atoms with Gasteiger partial charge in [0.15, 0.2) is 0 Å². The topological polar surface area (TPSA) is 85.5 Å². The molecule has 0 radical (unpaired) electrons. The fourth-order valence-electron chi connectivity index (χ4n) is 3.15. The lowest BCUT2D eigenvalue weighted by atomic mass is 9.92. The van der Waals surface area contributed by atoms with Gasteiger partial charge in [-0.15, -0.1) is 23.4 Å². The van der Waals surface area contributed by atoms with Crippen LogP contribution in [-0.2, 0) is 4.79 Å². The quantitative estimate of drug-likeness (QED) is 0.561. The molecule has 1 aromatic carbocycles. The zero-order valence-electron chi connectivity index (χ0n) is 16.3. The minimum atomic E-state index is -4.77. The van der Waals surface area contributed by atoms with Crippen LogP contribution in [0.5, 0.6) is 5.75 Å². The van der Waals surface area contributed by atoms with Crippen molar-refractivity contribution in [3.8, 4) is 17.2 Å². The zero-order chi connectivity index (χ0) is 22.4. The molecule has 1 unspecified atom stereocenters. The standard InChI is InChI=1S/C21H20ClF3N2O4/c22-16-8-4-13(5-9-16)18(29)3-1-2-15(12-28)20-27-26-19(30-20)14-6-10-17(11-7-14)31-21(23,24)25/h4,6-11,13,15,28H,1-3,5,12H2/t13?,15-/m0/s1. The minimum absolute atomic E-state index is 0.0979. The largest absolute Gasteiger partial charge is 0.573 e. The number of ether oxygens (including phenoxy) is 1. The van der Waals surface area contributed by atoms with Gasteiger partial charge in [0.25, 0.3) is 0 Å². The smallest absolute Gasteiger partial charge is 0.420 e. The van der Waals surface area contributed by atoms with Crippen LogP contribution >= 0.6 is 11.6 Å². The van der Waals surface area contributed by atoms with Crippen LogP contribution in [0, 0.1) is 5.92 Å². The van der Waals surface area contributed by atoms with Crippen LogP contribution in [0.1, 0.15) is 37.5 Å². The molecule has 0 fully saturated rings. The lowest BCUT2D eigenvalue weighted by molar-refractivity contribution is -0.274. The fraction of sp³-hybridized carbons (Fsp3) is 0.381. The van der Waals surface area contributed by atoms with Crippen LogP contribution < -0.4 is 4.74 Å². The van der Waals surface area contributed by atoms with E-state index in [-0.39, 0.29) is 35.8 Å². The van der Waals surface area contributed by atoms with E-state index >= 15 is 0 Å². The second kappa shape index (κ2) is 10.1. The molecule has 0 aliphatic heterocycles. The Morgan fingerprint density at radius 2 is 2.03 bits per heavy atom. The number of ketones is 1. The molecule has 2 aromatic rings. The van der Waals surface area contributed by atoms with Crippen molar-refractivity contribution in [3.63, 3.8) is 0 Å². The van der Waals surface area contributed by atoms with Crippen molar-refractivity contribution in [2.45, 2.75) is 38.0 Å². The van der Waals surface area contributed by atoms with Crippen LogP contribution in [0.25, 0.3) is 11.5 Å². The molecule has 1 heterocycles. The summed E-state index contributed by atoms with van der Waals surface area (Å²) >= 11 is 5.86. The average molecular weight is 457 g/mol. The number of benzene rings is 1. The Balaban J connectivity index is 1.55. The SMILES string of the molecule is O=C(CCC[C@@H](CO)c1nnc(-c2ccc(OC(F)(F)F)cc2)o1)C1C=CC(Cl)=CC1. The van der Waals surface area contributed by atoms with Crippen molar-refractivity contribution in [1.29, 1.82) is 0 Å². The number of aliphatic hydroxyl groups excluding tert-OH is 1. The fourth-order valence-corrected chi connectivity index (χ4v) is 3.31. The number of hydrogen-bond acceptors (Lipinski definition) is 6. The highest BCUT2D eigenvalue weighted by Gasteiger charge is 2.31. The third-order valence-corrected chi connectivity index (χ3v) is 5.07. The number of rotatable bonds is 9. The van der Waals surface area contributed by atoms with Gasteiger partial charge >= 0.3 is 6.36 Å². The predicted molar refractivity (Wildman–Crippen MR) is 106 cm³/mol. The third kappa shape index (κ3) is 6.67. The maximum Gasteiger partial charge on any atom is 0.573 e. The van der Waals surface area contributed by atoms with Crippen LogP contribution in [0.15, 0.2) is 51.9 Å². The number of nitrogens with zero attached hydrogens (tertiary/aromatic N) is 2. The van der Waals surface area contributed by atoms with Crippen LogP contribution in [0.3, 0.4) is 0 Å². The van der Waals surface area contributed by atoms with Gasteiger partial charge in [0.05, 0.1) is 12.5 Å². The summed E-state index contributed by atoms with van der Waals surface area (Å²) in [6.45, 7) is -0.240. The van der Waals surface area contributed by atoms with E-state index < -0.39 is 12.3 Å². The Morgan fingerprint density at radius 3 is 2.65 bits per heavy atom. The van der Waals surface area contributed by atoms with Gasteiger partial charge in [-0.25, -0.2) is 0 Å². The number of carbonyl (C=O) groups excluding carboxylic acids is 1. The summed E-state index contributed by atoms with van der Waals surface area (Å²) < 4.78 is 46.2. The first-order chi connectivity index (χ1) is 14.7. The number of alkyl halides is 3. The Labute approximate surface area is 181 Å². The van der Waals surface area contributed by atoms with Gasteiger partial charge in [0.1, 0.15) is 11.5 Å². The number of aliphatic hydroxyl groups is 1. The molecule has 1 aliphatic rings. The first-order valence-electron chi connectivity index (χ1n) is 9.62. The summed E-state index contributed by atoms with van der Waals surface area (Å²) in [7, 11) is 0. The first-order valence-corrected chi connectivity index (χ1v) is 10.00. The molecule has 166 valence electrons. The second-order valence-corrected chi connectivity index (χ2v) is 7.48. The molecule has 1 aromatic heterocycles. The zero-order valence-corrected chi connectivity index (χ0v) is 17.1. The van der Waals surface area contributed by atoms with Crippen LogP contribution in [-0.4, -0.2) is 34.1 Å².